The molecule has 166 valence electrons. The number of rotatable bonds is 11. The Bertz CT molecular complexity index is 644. The van der Waals surface area contributed by atoms with Crippen molar-refractivity contribution in [2.75, 3.05) is 0 Å². The zero-order valence-electron chi connectivity index (χ0n) is 20.4. The van der Waals surface area contributed by atoms with E-state index in [4.69, 9.17) is 16.5 Å². The molecule has 1 aromatic rings. The van der Waals surface area contributed by atoms with Gasteiger partial charge in [0.1, 0.15) is 0 Å². The Morgan fingerprint density at radius 3 is 1.55 bits per heavy atom. The second kappa shape index (κ2) is 10.1. The van der Waals surface area contributed by atoms with Gasteiger partial charge < -0.3 is 16.5 Å². The van der Waals surface area contributed by atoms with Crippen molar-refractivity contribution in [2.45, 2.75) is 72.0 Å². The smallest absolute Gasteiger partial charge is 0.441 e. The predicted molar refractivity (Wildman–Crippen MR) is 142 cm³/mol. The summed E-state index contributed by atoms with van der Waals surface area (Å²) in [5.74, 6) is 0. The first-order chi connectivity index (χ1) is 12.9. The van der Waals surface area contributed by atoms with Crippen LogP contribution in [0.3, 0.4) is 0 Å². The first-order valence-electron chi connectivity index (χ1n) is 10.4. The van der Waals surface area contributed by atoms with E-state index in [1.807, 2.05) is 6.07 Å². The summed E-state index contributed by atoms with van der Waals surface area (Å²) in [4.78, 5) is 0. The maximum atomic E-state index is 6.92. The van der Waals surface area contributed by atoms with Crippen LogP contribution in [0.5, 0.6) is 0 Å². The van der Waals surface area contributed by atoms with Crippen LogP contribution in [0.4, 0.5) is 0 Å². The molecule has 0 N–H and O–H groups in total. The van der Waals surface area contributed by atoms with Crippen LogP contribution >= 0.6 is 0 Å². The minimum Gasteiger partial charge on any atom is -0.441 e. The van der Waals surface area contributed by atoms with Gasteiger partial charge in [0, 0.05) is 0 Å². The highest BCUT2D eigenvalue weighted by atomic mass is 29.3. The van der Waals surface area contributed by atoms with Gasteiger partial charge in [0.05, 0.1) is 0 Å². The first-order valence-corrected chi connectivity index (χ1v) is 27.6. The summed E-state index contributed by atoms with van der Waals surface area (Å²) in [6.07, 6.45) is 2.22. The number of hydrogen-bond acceptors (Lipinski definition) is 4. The summed E-state index contributed by atoms with van der Waals surface area (Å²) in [6.45, 7) is 24.7. The molecule has 0 amide bonds. The molecule has 10 heteroatoms. The highest BCUT2D eigenvalue weighted by Crippen LogP contribution is 2.31. The third-order valence-corrected chi connectivity index (χ3v) is 27.8. The molecule has 0 aromatic heterocycles. The van der Waals surface area contributed by atoms with Crippen molar-refractivity contribution in [1.29, 1.82) is 0 Å². The van der Waals surface area contributed by atoms with Crippen LogP contribution < -0.4 is 0 Å². The summed E-state index contributed by atoms with van der Waals surface area (Å²) < 4.78 is 26.8. The molecule has 4 nitrogen and oxygen atoms in total. The van der Waals surface area contributed by atoms with Gasteiger partial charge in [-0.15, -0.1) is 0 Å². The van der Waals surface area contributed by atoms with Crippen LogP contribution in [-0.4, -0.2) is 50.9 Å². The monoisotopic (exact) mass is 502 g/mol. The third-order valence-electron chi connectivity index (χ3n) is 3.90. The van der Waals surface area contributed by atoms with Gasteiger partial charge in [-0.1, -0.05) is 55.2 Å². The van der Waals surface area contributed by atoms with Crippen LogP contribution in [0.25, 0.3) is 6.08 Å². The highest BCUT2D eigenvalue weighted by Gasteiger charge is 2.58. The summed E-state index contributed by atoms with van der Waals surface area (Å²) in [7, 11) is -11.7. The Labute approximate surface area is 186 Å². The van der Waals surface area contributed by atoms with Crippen molar-refractivity contribution in [1.82, 2.24) is 0 Å². The quantitative estimate of drug-likeness (QED) is 0.373. The van der Waals surface area contributed by atoms with E-state index in [9.17, 15) is 0 Å². The maximum absolute atomic E-state index is 6.92. The Morgan fingerprint density at radius 1 is 0.655 bits per heavy atom. The lowest BCUT2D eigenvalue weighted by atomic mass is 10.2. The van der Waals surface area contributed by atoms with Crippen molar-refractivity contribution in [3.63, 3.8) is 0 Å². The van der Waals surface area contributed by atoms with E-state index in [0.717, 1.165) is 0 Å². The summed E-state index contributed by atoms with van der Waals surface area (Å²) in [5, 5.41) is 0. The van der Waals surface area contributed by atoms with Gasteiger partial charge in [-0.2, -0.15) is 0 Å². The minimum atomic E-state index is -2.91. The standard InChI is InChI=1S/C19H42O4Si6/c1-25(2,3)20-24-21-29(22-26(4,5)6,23-27(7,8)9)28(10,11)18-17-19-15-13-12-14-16-19/h12-18H,24H2,1-11H3. The molecule has 0 aliphatic heterocycles. The fourth-order valence-electron chi connectivity index (χ4n) is 2.59. The van der Waals surface area contributed by atoms with Crippen LogP contribution in [0, 0.1) is 0 Å². The van der Waals surface area contributed by atoms with Gasteiger partial charge in [-0.05, 0) is 64.5 Å². The predicted octanol–water partition coefficient (Wildman–Crippen LogP) is 5.53. The molecule has 29 heavy (non-hydrogen) atoms. The molecule has 0 saturated carbocycles. The second-order valence-electron chi connectivity index (χ2n) is 11.0. The Morgan fingerprint density at radius 2 is 1.14 bits per heavy atom. The lowest BCUT2D eigenvalue weighted by Crippen LogP contribution is -2.71. The van der Waals surface area contributed by atoms with E-state index >= 15 is 0 Å². The molecule has 0 heterocycles. The molecule has 0 bridgehead atoms. The molecule has 0 atom stereocenters. The van der Waals surface area contributed by atoms with E-state index in [-0.39, 0.29) is 0 Å². The van der Waals surface area contributed by atoms with E-state index in [1.165, 1.54) is 5.56 Å². The number of hydrogen-bond donors (Lipinski definition) is 0. The van der Waals surface area contributed by atoms with Crippen molar-refractivity contribution in [3.8, 4) is 0 Å². The van der Waals surface area contributed by atoms with Gasteiger partial charge in [0.25, 0.3) is 10.0 Å². The molecule has 1 aromatic carbocycles. The molecule has 1 rings (SSSR count). The number of benzene rings is 1. The topological polar surface area (TPSA) is 36.9 Å². The highest BCUT2D eigenvalue weighted by molar-refractivity contribution is 7.39. The Hall–Kier alpha value is 0.101. The van der Waals surface area contributed by atoms with Gasteiger partial charge >= 0.3 is 8.32 Å². The average Bonchev–Trinajstić information content (AvgIpc) is 2.49. The first kappa shape index (κ1) is 27.1. The molecule has 0 aliphatic rings. The molecular formula is C19H42O4Si6. The van der Waals surface area contributed by atoms with Crippen molar-refractivity contribution < 1.29 is 16.5 Å². The van der Waals surface area contributed by atoms with Crippen LogP contribution in [0.2, 0.25) is 72.0 Å². The Balaban J connectivity index is 3.36. The van der Waals surface area contributed by atoms with Crippen molar-refractivity contribution in [2.24, 2.45) is 0 Å². The van der Waals surface area contributed by atoms with E-state index in [1.54, 1.807) is 0 Å². The molecule has 0 saturated heterocycles. The molecule has 0 unspecified atom stereocenters. The zero-order valence-corrected chi connectivity index (χ0v) is 26.8. The van der Waals surface area contributed by atoms with E-state index in [0.29, 0.717) is 0 Å². The molecular weight excluding hydrogens is 461 g/mol. The minimum absolute atomic E-state index is 1.18. The third kappa shape index (κ3) is 10.3. The average molecular weight is 503 g/mol. The SMILES string of the molecule is C[Si](C)(C)O[SiH2]O[Si](O[Si](C)(C)C)(O[Si](C)(C)C)[Si](C)(C)C=Cc1ccccc1. The van der Waals surface area contributed by atoms with Crippen LogP contribution in [-0.2, 0) is 16.5 Å². The zero-order chi connectivity index (χ0) is 22.6. The largest absolute Gasteiger partial charge is 0.444 e. The van der Waals surface area contributed by atoms with Crippen LogP contribution in [0.15, 0.2) is 36.0 Å². The summed E-state index contributed by atoms with van der Waals surface area (Å²) in [6, 6.07) is 10.5. The van der Waals surface area contributed by atoms with Crippen molar-refractivity contribution >= 4 is 56.9 Å². The van der Waals surface area contributed by atoms with Crippen LogP contribution in [0.1, 0.15) is 5.56 Å². The Kier molecular flexibility index (Phi) is 9.49. The molecule has 0 aliphatic carbocycles. The van der Waals surface area contributed by atoms with Gasteiger partial charge in [0.15, 0.2) is 32.5 Å². The summed E-state index contributed by atoms with van der Waals surface area (Å²) >= 11 is 0. The van der Waals surface area contributed by atoms with Gasteiger partial charge in [-0.3, -0.25) is 0 Å². The molecule has 0 fully saturated rings. The molecule has 0 spiro atoms. The summed E-state index contributed by atoms with van der Waals surface area (Å²) in [5.41, 5.74) is 3.56. The lowest BCUT2D eigenvalue weighted by Gasteiger charge is -2.46. The van der Waals surface area contributed by atoms with Gasteiger partial charge in [-0.25, -0.2) is 0 Å². The fourth-order valence-corrected chi connectivity index (χ4v) is 33.3. The van der Waals surface area contributed by atoms with Crippen molar-refractivity contribution in [3.05, 3.63) is 41.6 Å². The van der Waals surface area contributed by atoms with E-state index < -0.39 is 50.9 Å². The second-order valence-corrected chi connectivity index (χ2v) is 38.4. The van der Waals surface area contributed by atoms with E-state index in [2.05, 4.69) is 108 Å². The fraction of sp³-hybridized carbons (Fsp3) is 0.579. The molecule has 0 radical (unpaired) electrons. The normalized spacial score (nSPS) is 15.0. The lowest BCUT2D eigenvalue weighted by molar-refractivity contribution is 0.271. The van der Waals surface area contributed by atoms with Gasteiger partial charge in [0.2, 0.25) is 0 Å². The maximum Gasteiger partial charge on any atom is 0.444 e.